The standard InChI is InChI=1S/2C15H18OS/c2*1-15(2,3)14(16)12-7-4-6-11(10-12)13-8-5-9-17-13/h2*4-10,14,16H,1-3H3/t2*14-/m10/s1. The zero-order chi connectivity index (χ0) is 24.9. The van der Waals surface area contributed by atoms with E-state index in [0.29, 0.717) is 0 Å². The van der Waals surface area contributed by atoms with Crippen LogP contribution in [-0.2, 0) is 0 Å². The highest BCUT2D eigenvalue weighted by Crippen LogP contribution is 2.36. The summed E-state index contributed by atoms with van der Waals surface area (Å²) in [6, 6.07) is 24.7. The second-order valence-corrected chi connectivity index (χ2v) is 12.6. The molecule has 4 heteroatoms. The summed E-state index contributed by atoms with van der Waals surface area (Å²) in [7, 11) is 0. The van der Waals surface area contributed by atoms with Crippen LogP contribution in [0.25, 0.3) is 20.9 Å². The van der Waals surface area contributed by atoms with Crippen molar-refractivity contribution in [2.24, 2.45) is 10.8 Å². The molecule has 0 fully saturated rings. The quantitative estimate of drug-likeness (QED) is 0.298. The van der Waals surface area contributed by atoms with E-state index in [0.717, 1.165) is 11.1 Å². The molecule has 0 aliphatic carbocycles. The predicted molar refractivity (Wildman–Crippen MR) is 148 cm³/mol. The largest absolute Gasteiger partial charge is 0.388 e. The van der Waals surface area contributed by atoms with E-state index in [1.54, 1.807) is 22.7 Å². The van der Waals surface area contributed by atoms with E-state index in [9.17, 15) is 10.2 Å². The summed E-state index contributed by atoms with van der Waals surface area (Å²) in [5.41, 5.74) is 4.08. The Balaban J connectivity index is 0.000000191. The summed E-state index contributed by atoms with van der Waals surface area (Å²) in [4.78, 5) is 2.49. The second-order valence-electron chi connectivity index (χ2n) is 10.7. The summed E-state index contributed by atoms with van der Waals surface area (Å²) in [6.45, 7) is 12.3. The van der Waals surface area contributed by atoms with Gasteiger partial charge in [-0.2, -0.15) is 0 Å². The molecule has 0 saturated heterocycles. The summed E-state index contributed by atoms with van der Waals surface area (Å²) in [6.07, 6.45) is -0.857. The van der Waals surface area contributed by atoms with E-state index in [1.807, 2.05) is 36.4 Å². The van der Waals surface area contributed by atoms with Gasteiger partial charge in [0.1, 0.15) is 0 Å². The van der Waals surface area contributed by atoms with E-state index >= 15 is 0 Å². The predicted octanol–water partition coefficient (Wildman–Crippen LogP) is 8.99. The number of thiophene rings is 2. The maximum Gasteiger partial charge on any atom is 0.0838 e. The first-order valence-corrected chi connectivity index (χ1v) is 13.4. The van der Waals surface area contributed by atoms with Crippen molar-refractivity contribution in [2.45, 2.75) is 53.8 Å². The molecular formula is C30H36O2S2. The van der Waals surface area contributed by atoms with Gasteiger partial charge in [-0.3, -0.25) is 0 Å². The first kappa shape index (κ1) is 26.4. The van der Waals surface area contributed by atoms with Gasteiger partial charge in [-0.25, -0.2) is 0 Å². The van der Waals surface area contributed by atoms with Crippen molar-refractivity contribution in [1.29, 1.82) is 0 Å². The molecule has 2 nitrogen and oxygen atoms in total. The van der Waals surface area contributed by atoms with Crippen LogP contribution in [0.3, 0.4) is 0 Å². The average Bonchev–Trinajstić information content (AvgIpc) is 3.52. The Morgan fingerprint density at radius 1 is 0.559 bits per heavy atom. The lowest BCUT2D eigenvalue weighted by Gasteiger charge is -2.26. The van der Waals surface area contributed by atoms with Gasteiger partial charge >= 0.3 is 0 Å². The van der Waals surface area contributed by atoms with Crippen LogP contribution in [0.1, 0.15) is 64.9 Å². The van der Waals surface area contributed by atoms with Crippen molar-refractivity contribution in [3.05, 3.63) is 94.7 Å². The molecule has 2 aromatic heterocycles. The van der Waals surface area contributed by atoms with Crippen LogP contribution in [0, 0.1) is 10.8 Å². The zero-order valence-corrected chi connectivity index (χ0v) is 22.6. The summed E-state index contributed by atoms with van der Waals surface area (Å²) in [5, 5.41) is 24.7. The normalized spacial score (nSPS) is 13.6. The maximum absolute atomic E-state index is 10.3. The number of hydrogen-bond acceptors (Lipinski definition) is 4. The van der Waals surface area contributed by atoms with E-state index in [1.165, 1.54) is 20.9 Å². The Morgan fingerprint density at radius 2 is 0.941 bits per heavy atom. The molecular weight excluding hydrogens is 456 g/mol. The van der Waals surface area contributed by atoms with Gasteiger partial charge in [0.15, 0.2) is 0 Å². The molecule has 2 N–H and O–H groups in total. The first-order valence-electron chi connectivity index (χ1n) is 11.6. The summed E-state index contributed by atoms with van der Waals surface area (Å²) < 4.78 is 0. The SMILES string of the molecule is CC(C)(C)[C@@H](O)c1cccc(-c2cccs2)c1.CC(C)(C)[C@H](O)c1cccc(-c2cccs2)c1. The molecule has 0 aliphatic rings. The van der Waals surface area contributed by atoms with Crippen molar-refractivity contribution in [1.82, 2.24) is 0 Å². The van der Waals surface area contributed by atoms with E-state index in [4.69, 9.17) is 0 Å². The number of benzene rings is 2. The Hall–Kier alpha value is -2.24. The van der Waals surface area contributed by atoms with Gasteiger partial charge in [-0.05, 0) is 68.1 Å². The zero-order valence-electron chi connectivity index (χ0n) is 20.9. The third kappa shape index (κ3) is 6.89. The third-order valence-electron chi connectivity index (χ3n) is 5.66. The third-order valence-corrected chi connectivity index (χ3v) is 7.49. The summed E-state index contributed by atoms with van der Waals surface area (Å²) in [5.74, 6) is 0. The van der Waals surface area contributed by atoms with Crippen LogP contribution in [0.5, 0.6) is 0 Å². The molecule has 34 heavy (non-hydrogen) atoms. The van der Waals surface area contributed by atoms with Gasteiger partial charge in [0.2, 0.25) is 0 Å². The molecule has 0 spiro atoms. The fourth-order valence-electron chi connectivity index (χ4n) is 3.61. The summed E-state index contributed by atoms with van der Waals surface area (Å²) >= 11 is 3.44. The minimum atomic E-state index is -0.428. The van der Waals surface area contributed by atoms with Crippen LogP contribution in [0.4, 0.5) is 0 Å². The number of rotatable bonds is 4. The molecule has 0 saturated carbocycles. The molecule has 0 bridgehead atoms. The van der Waals surface area contributed by atoms with Crippen molar-refractivity contribution < 1.29 is 10.2 Å². The van der Waals surface area contributed by atoms with Crippen LogP contribution >= 0.6 is 22.7 Å². The lowest BCUT2D eigenvalue weighted by molar-refractivity contribution is 0.0627. The smallest absolute Gasteiger partial charge is 0.0838 e. The average molecular weight is 493 g/mol. The molecule has 2 heterocycles. The van der Waals surface area contributed by atoms with Crippen LogP contribution in [0.2, 0.25) is 0 Å². The number of aliphatic hydroxyl groups is 2. The highest BCUT2D eigenvalue weighted by molar-refractivity contribution is 7.13. The highest BCUT2D eigenvalue weighted by atomic mass is 32.1. The van der Waals surface area contributed by atoms with Crippen LogP contribution in [0.15, 0.2) is 83.6 Å². The van der Waals surface area contributed by atoms with E-state index < -0.39 is 12.2 Å². The van der Waals surface area contributed by atoms with Gasteiger partial charge in [0.05, 0.1) is 12.2 Å². The molecule has 0 radical (unpaired) electrons. The van der Waals surface area contributed by atoms with Gasteiger partial charge in [-0.1, -0.05) is 90.1 Å². The molecule has 2 atom stereocenters. The fourth-order valence-corrected chi connectivity index (χ4v) is 5.06. The lowest BCUT2D eigenvalue weighted by atomic mass is 9.84. The topological polar surface area (TPSA) is 40.5 Å². The number of hydrogen-bond donors (Lipinski definition) is 2. The Labute approximate surface area is 212 Å². The highest BCUT2D eigenvalue weighted by Gasteiger charge is 2.24. The van der Waals surface area contributed by atoms with Crippen LogP contribution < -0.4 is 0 Å². The molecule has 0 unspecified atom stereocenters. The van der Waals surface area contributed by atoms with Crippen LogP contribution in [-0.4, -0.2) is 10.2 Å². The van der Waals surface area contributed by atoms with Crippen molar-refractivity contribution in [2.75, 3.05) is 0 Å². The Bertz CT molecular complexity index is 1050. The molecule has 4 aromatic rings. The monoisotopic (exact) mass is 492 g/mol. The lowest BCUT2D eigenvalue weighted by Crippen LogP contribution is -2.17. The van der Waals surface area contributed by atoms with Gasteiger partial charge in [0.25, 0.3) is 0 Å². The molecule has 4 rings (SSSR count). The maximum atomic E-state index is 10.3. The van der Waals surface area contributed by atoms with Crippen molar-refractivity contribution in [3.63, 3.8) is 0 Å². The molecule has 2 aromatic carbocycles. The van der Waals surface area contributed by atoms with Crippen molar-refractivity contribution >= 4 is 22.7 Å². The van der Waals surface area contributed by atoms with Gasteiger partial charge < -0.3 is 10.2 Å². The minimum Gasteiger partial charge on any atom is -0.388 e. The molecule has 0 aliphatic heterocycles. The second kappa shape index (κ2) is 11.0. The van der Waals surface area contributed by atoms with Gasteiger partial charge in [-0.15, -0.1) is 22.7 Å². The van der Waals surface area contributed by atoms with Crippen molar-refractivity contribution in [3.8, 4) is 20.9 Å². The Morgan fingerprint density at radius 3 is 1.24 bits per heavy atom. The fraction of sp³-hybridized carbons (Fsp3) is 0.333. The Kier molecular flexibility index (Phi) is 8.53. The van der Waals surface area contributed by atoms with Gasteiger partial charge in [0, 0.05) is 9.75 Å². The number of aliphatic hydroxyl groups excluding tert-OH is 2. The molecule has 0 amide bonds. The molecule has 180 valence electrons. The minimum absolute atomic E-state index is 0.131. The van der Waals surface area contributed by atoms with E-state index in [-0.39, 0.29) is 10.8 Å². The first-order chi connectivity index (χ1) is 16.0. The van der Waals surface area contributed by atoms with E-state index in [2.05, 4.69) is 88.7 Å².